The quantitative estimate of drug-likeness (QED) is 0.524. The molecule has 0 aliphatic carbocycles. The van der Waals surface area contributed by atoms with Gasteiger partial charge >= 0.3 is 5.97 Å². The summed E-state index contributed by atoms with van der Waals surface area (Å²) < 4.78 is 26.1. The van der Waals surface area contributed by atoms with Crippen LogP contribution in [0.25, 0.3) is 0 Å². The van der Waals surface area contributed by atoms with Crippen molar-refractivity contribution in [2.24, 2.45) is 0 Å². The van der Waals surface area contributed by atoms with E-state index < -0.39 is 28.0 Å². The van der Waals surface area contributed by atoms with Gasteiger partial charge in [0.1, 0.15) is 6.04 Å². The molecule has 0 amide bonds. The molecule has 4 N–H and O–H groups in total. The molecule has 0 saturated carbocycles. The van der Waals surface area contributed by atoms with Crippen LogP contribution in [0.2, 0.25) is 0 Å². The molecule has 0 aliphatic rings. The monoisotopic (exact) mass is 304 g/mol. The number of hydrogen-bond donors (Lipinski definition) is 4. The Morgan fingerprint density at radius 3 is 2.35 bits per heavy atom. The van der Waals surface area contributed by atoms with Crippen molar-refractivity contribution in [2.45, 2.75) is 12.5 Å². The van der Waals surface area contributed by atoms with Gasteiger partial charge in [0, 0.05) is 14.1 Å². The average Bonchev–Trinajstić information content (AvgIpc) is 2.32. The molecular weight excluding hydrogens is 288 g/mol. The Hall–Kier alpha value is -1.84. The first-order chi connectivity index (χ1) is 9.13. The largest absolute Gasteiger partial charge is 0.504 e. The van der Waals surface area contributed by atoms with E-state index in [1.165, 1.54) is 32.3 Å². The van der Waals surface area contributed by atoms with Gasteiger partial charge in [0.05, 0.1) is 0 Å². The molecule has 0 heterocycles. The Morgan fingerprint density at radius 1 is 1.30 bits per heavy atom. The molecular formula is C11H16N2O6S. The number of carboxylic acid groups (broad SMARTS) is 1. The normalized spacial score (nSPS) is 13.3. The molecule has 0 saturated heterocycles. The summed E-state index contributed by atoms with van der Waals surface area (Å²) in [5.74, 6) is -2.08. The SMILES string of the molecule is CN(C)S(=O)(=O)NC(Cc1ccc(O)c(O)c1)C(=O)O. The molecule has 1 aromatic carbocycles. The van der Waals surface area contributed by atoms with E-state index in [0.717, 1.165) is 4.31 Å². The van der Waals surface area contributed by atoms with Crippen molar-refractivity contribution >= 4 is 16.2 Å². The van der Waals surface area contributed by atoms with Crippen LogP contribution in [-0.2, 0) is 21.4 Å². The number of benzene rings is 1. The van der Waals surface area contributed by atoms with Gasteiger partial charge in [0.2, 0.25) is 0 Å². The number of aromatic hydroxyl groups is 2. The van der Waals surface area contributed by atoms with Gasteiger partial charge in [-0.05, 0) is 24.1 Å². The lowest BCUT2D eigenvalue weighted by Gasteiger charge is -2.18. The van der Waals surface area contributed by atoms with Crippen LogP contribution in [0.5, 0.6) is 11.5 Å². The molecule has 1 unspecified atom stereocenters. The van der Waals surface area contributed by atoms with Crippen molar-refractivity contribution in [1.82, 2.24) is 9.03 Å². The van der Waals surface area contributed by atoms with Crippen molar-refractivity contribution in [3.63, 3.8) is 0 Å². The maximum Gasteiger partial charge on any atom is 0.322 e. The molecule has 0 aliphatic heterocycles. The first-order valence-electron chi connectivity index (χ1n) is 5.57. The minimum atomic E-state index is -3.89. The van der Waals surface area contributed by atoms with Crippen LogP contribution in [-0.4, -0.2) is 54.1 Å². The number of rotatable bonds is 6. The van der Waals surface area contributed by atoms with Crippen molar-refractivity contribution in [3.8, 4) is 11.5 Å². The highest BCUT2D eigenvalue weighted by Gasteiger charge is 2.25. The predicted molar refractivity (Wildman–Crippen MR) is 70.6 cm³/mol. The summed E-state index contributed by atoms with van der Waals surface area (Å²) >= 11 is 0. The number of phenols is 2. The Bertz CT molecular complexity index is 599. The van der Waals surface area contributed by atoms with E-state index in [9.17, 15) is 18.3 Å². The molecule has 0 aromatic heterocycles. The van der Waals surface area contributed by atoms with Gasteiger partial charge in [0.25, 0.3) is 10.2 Å². The lowest BCUT2D eigenvalue weighted by molar-refractivity contribution is -0.138. The number of nitrogens with zero attached hydrogens (tertiary/aromatic N) is 1. The third kappa shape index (κ3) is 4.08. The fourth-order valence-corrected chi connectivity index (χ4v) is 2.15. The molecule has 9 heteroatoms. The average molecular weight is 304 g/mol. The van der Waals surface area contributed by atoms with E-state index in [1.807, 2.05) is 4.72 Å². The fraction of sp³-hybridized carbons (Fsp3) is 0.364. The van der Waals surface area contributed by atoms with E-state index in [1.54, 1.807) is 0 Å². The number of hydrogen-bond acceptors (Lipinski definition) is 5. The molecule has 20 heavy (non-hydrogen) atoms. The number of carboxylic acids is 1. The van der Waals surface area contributed by atoms with Crippen molar-refractivity contribution in [2.75, 3.05) is 14.1 Å². The Balaban J connectivity index is 2.93. The van der Waals surface area contributed by atoms with Crippen LogP contribution in [0, 0.1) is 0 Å². The summed E-state index contributed by atoms with van der Waals surface area (Å²) in [6.45, 7) is 0. The van der Waals surface area contributed by atoms with Crippen LogP contribution < -0.4 is 4.72 Å². The van der Waals surface area contributed by atoms with E-state index in [2.05, 4.69) is 0 Å². The molecule has 112 valence electrons. The second-order valence-electron chi connectivity index (χ2n) is 4.32. The van der Waals surface area contributed by atoms with Crippen LogP contribution in [0.15, 0.2) is 18.2 Å². The number of phenolic OH excluding ortho intramolecular Hbond substituents is 2. The summed E-state index contributed by atoms with van der Waals surface area (Å²) in [7, 11) is -1.35. The van der Waals surface area contributed by atoms with Gasteiger partial charge in [-0.25, -0.2) is 0 Å². The molecule has 1 aromatic rings. The second kappa shape index (κ2) is 6.07. The predicted octanol–water partition coefficient (Wildman–Crippen LogP) is -0.510. The molecule has 1 rings (SSSR count). The summed E-state index contributed by atoms with van der Waals surface area (Å²) in [5, 5.41) is 27.5. The smallest absolute Gasteiger partial charge is 0.322 e. The maximum atomic E-state index is 11.6. The fourth-order valence-electron chi connectivity index (χ4n) is 1.40. The van der Waals surface area contributed by atoms with Gasteiger partial charge < -0.3 is 15.3 Å². The Kier molecular flexibility index (Phi) is 4.93. The topological polar surface area (TPSA) is 127 Å². The highest BCUT2D eigenvalue weighted by atomic mass is 32.2. The number of carbonyl (C=O) groups is 1. The van der Waals surface area contributed by atoms with Crippen molar-refractivity contribution in [3.05, 3.63) is 23.8 Å². The first kappa shape index (κ1) is 16.2. The third-order valence-corrected chi connectivity index (χ3v) is 4.09. The van der Waals surface area contributed by atoms with E-state index in [0.29, 0.717) is 5.56 Å². The second-order valence-corrected chi connectivity index (χ2v) is 6.24. The zero-order chi connectivity index (χ0) is 15.5. The zero-order valence-corrected chi connectivity index (χ0v) is 11.8. The standard InChI is InChI=1S/C11H16N2O6S/c1-13(2)20(18,19)12-8(11(16)17)5-7-3-4-9(14)10(15)6-7/h3-4,6,8,12,14-15H,5H2,1-2H3,(H,16,17). The summed E-state index contributed by atoms with van der Waals surface area (Å²) in [4.78, 5) is 11.1. The lowest BCUT2D eigenvalue weighted by Crippen LogP contribution is -2.47. The third-order valence-electron chi connectivity index (χ3n) is 2.55. The highest BCUT2D eigenvalue weighted by Crippen LogP contribution is 2.25. The van der Waals surface area contributed by atoms with E-state index in [-0.39, 0.29) is 12.2 Å². The Morgan fingerprint density at radius 2 is 1.90 bits per heavy atom. The zero-order valence-electron chi connectivity index (χ0n) is 10.9. The van der Waals surface area contributed by atoms with Crippen molar-refractivity contribution < 1.29 is 28.5 Å². The van der Waals surface area contributed by atoms with Gasteiger partial charge in [-0.1, -0.05) is 6.07 Å². The number of nitrogens with one attached hydrogen (secondary N) is 1. The minimum absolute atomic E-state index is 0.170. The highest BCUT2D eigenvalue weighted by molar-refractivity contribution is 7.87. The maximum absolute atomic E-state index is 11.6. The molecule has 0 fully saturated rings. The summed E-state index contributed by atoms with van der Waals surface area (Å²) in [5.41, 5.74) is 0.370. The molecule has 0 spiro atoms. The van der Waals surface area contributed by atoms with E-state index in [4.69, 9.17) is 10.2 Å². The minimum Gasteiger partial charge on any atom is -0.504 e. The number of aliphatic carboxylic acids is 1. The lowest BCUT2D eigenvalue weighted by atomic mass is 10.1. The van der Waals surface area contributed by atoms with Crippen LogP contribution in [0.4, 0.5) is 0 Å². The molecule has 1 atom stereocenters. The van der Waals surface area contributed by atoms with Gasteiger partial charge in [-0.2, -0.15) is 17.4 Å². The first-order valence-corrected chi connectivity index (χ1v) is 7.01. The van der Waals surface area contributed by atoms with Gasteiger partial charge in [-0.15, -0.1) is 0 Å². The van der Waals surface area contributed by atoms with Gasteiger partial charge in [-0.3, -0.25) is 4.79 Å². The van der Waals surface area contributed by atoms with Crippen LogP contribution >= 0.6 is 0 Å². The Labute approximate surface area is 116 Å². The van der Waals surface area contributed by atoms with E-state index >= 15 is 0 Å². The van der Waals surface area contributed by atoms with Gasteiger partial charge in [0.15, 0.2) is 11.5 Å². The van der Waals surface area contributed by atoms with Crippen LogP contribution in [0.1, 0.15) is 5.56 Å². The molecule has 0 radical (unpaired) electrons. The molecule has 8 nitrogen and oxygen atoms in total. The summed E-state index contributed by atoms with van der Waals surface area (Å²) in [6, 6.07) is 2.39. The molecule has 0 bridgehead atoms. The summed E-state index contributed by atoms with van der Waals surface area (Å²) in [6.07, 6.45) is -0.170. The van der Waals surface area contributed by atoms with Crippen molar-refractivity contribution in [1.29, 1.82) is 0 Å². The van der Waals surface area contributed by atoms with Crippen LogP contribution in [0.3, 0.4) is 0 Å².